The molecule has 1 aromatic heterocycles. The van der Waals surface area contributed by atoms with Gasteiger partial charge in [0.25, 0.3) is 11.9 Å². The molecule has 1 atom stereocenters. The van der Waals surface area contributed by atoms with Gasteiger partial charge in [-0.15, -0.1) is 12.4 Å². The van der Waals surface area contributed by atoms with Crippen LogP contribution in [0.5, 0.6) is 0 Å². The van der Waals surface area contributed by atoms with E-state index in [-0.39, 0.29) is 24.4 Å². The minimum Gasteiger partial charge on any atom is -0.424 e. The van der Waals surface area contributed by atoms with E-state index in [4.69, 9.17) is 4.42 Å². The number of hydrogen-bond donors (Lipinski definition) is 2. The molecule has 130 valence electrons. The summed E-state index contributed by atoms with van der Waals surface area (Å²) < 4.78 is 5.63. The highest BCUT2D eigenvalue weighted by Crippen LogP contribution is 2.28. The zero-order chi connectivity index (χ0) is 15.8. The van der Waals surface area contributed by atoms with Crippen molar-refractivity contribution in [1.82, 2.24) is 15.2 Å². The maximum Gasteiger partial charge on any atom is 0.295 e. The van der Waals surface area contributed by atoms with Gasteiger partial charge in [0.05, 0.1) is 5.56 Å². The van der Waals surface area contributed by atoms with Crippen LogP contribution < -0.4 is 10.6 Å². The van der Waals surface area contributed by atoms with Gasteiger partial charge in [-0.05, 0) is 50.9 Å². The second-order valence-electron chi connectivity index (χ2n) is 6.42. The summed E-state index contributed by atoms with van der Waals surface area (Å²) in [5, 5.41) is 6.27. The standard InChI is InChI=1S/C17H22N4O2.ClH/c1-2-18-17-20-15-12(4-3-5-14(15)23-17)16(22)19-13-10-21-8-6-11(13)7-9-21;/h3-5,11,13H,2,6-10H2,1H3,(H,18,20)(H,19,22);1H. The van der Waals surface area contributed by atoms with Gasteiger partial charge in [-0.1, -0.05) is 6.07 Å². The molecule has 2 N–H and O–H groups in total. The second kappa shape index (κ2) is 6.99. The number of hydrogen-bond acceptors (Lipinski definition) is 5. The van der Waals surface area contributed by atoms with Crippen molar-refractivity contribution in [3.8, 4) is 0 Å². The van der Waals surface area contributed by atoms with Crippen LogP contribution in [0, 0.1) is 5.92 Å². The first kappa shape index (κ1) is 17.0. The number of fused-ring (bicyclic) bond motifs is 4. The lowest BCUT2D eigenvalue weighted by Gasteiger charge is -2.44. The van der Waals surface area contributed by atoms with Gasteiger partial charge in [0.2, 0.25) is 0 Å². The van der Waals surface area contributed by atoms with Gasteiger partial charge in [0.1, 0.15) is 5.52 Å². The summed E-state index contributed by atoms with van der Waals surface area (Å²) in [6, 6.07) is 6.21. The molecule has 1 aromatic carbocycles. The first-order valence-corrected chi connectivity index (χ1v) is 8.41. The van der Waals surface area contributed by atoms with E-state index in [0.29, 0.717) is 28.6 Å². The van der Waals surface area contributed by atoms with Gasteiger partial charge in [-0.25, -0.2) is 0 Å². The van der Waals surface area contributed by atoms with Crippen molar-refractivity contribution in [2.45, 2.75) is 25.8 Å². The van der Waals surface area contributed by atoms with E-state index < -0.39 is 0 Å². The van der Waals surface area contributed by atoms with Crippen molar-refractivity contribution >= 4 is 35.4 Å². The van der Waals surface area contributed by atoms with Crippen molar-refractivity contribution < 1.29 is 9.21 Å². The highest BCUT2D eigenvalue weighted by Gasteiger charge is 2.35. The third-order valence-electron chi connectivity index (χ3n) is 4.96. The van der Waals surface area contributed by atoms with E-state index in [2.05, 4.69) is 20.5 Å². The summed E-state index contributed by atoms with van der Waals surface area (Å²) in [5.74, 6) is 0.559. The molecule has 24 heavy (non-hydrogen) atoms. The number of amides is 1. The number of carbonyl (C=O) groups excluding carboxylic acids is 1. The number of rotatable bonds is 4. The molecule has 0 aliphatic carbocycles. The van der Waals surface area contributed by atoms with Crippen LogP contribution in [0.2, 0.25) is 0 Å². The summed E-state index contributed by atoms with van der Waals surface area (Å²) in [6.45, 7) is 6.02. The number of aromatic nitrogens is 1. The molecule has 3 aliphatic heterocycles. The van der Waals surface area contributed by atoms with E-state index in [1.54, 1.807) is 0 Å². The molecule has 1 amide bonds. The summed E-state index contributed by atoms with van der Waals surface area (Å²) in [5.41, 5.74) is 1.86. The molecule has 0 saturated carbocycles. The lowest BCUT2D eigenvalue weighted by Crippen LogP contribution is -2.57. The molecule has 5 rings (SSSR count). The molecule has 4 heterocycles. The smallest absolute Gasteiger partial charge is 0.295 e. The number of carbonyl (C=O) groups is 1. The fraction of sp³-hybridized carbons (Fsp3) is 0.529. The van der Waals surface area contributed by atoms with Crippen molar-refractivity contribution in [2.75, 3.05) is 31.5 Å². The van der Waals surface area contributed by atoms with Gasteiger partial charge in [-0.2, -0.15) is 4.98 Å². The van der Waals surface area contributed by atoms with Crippen molar-refractivity contribution in [3.63, 3.8) is 0 Å². The van der Waals surface area contributed by atoms with Crippen molar-refractivity contribution in [3.05, 3.63) is 23.8 Å². The second-order valence-corrected chi connectivity index (χ2v) is 6.42. The van der Waals surface area contributed by atoms with Crippen LogP contribution in [0.25, 0.3) is 11.1 Å². The molecule has 2 aromatic rings. The number of nitrogens with one attached hydrogen (secondary N) is 2. The summed E-state index contributed by atoms with van der Waals surface area (Å²) in [6.07, 6.45) is 2.37. The monoisotopic (exact) mass is 350 g/mol. The minimum absolute atomic E-state index is 0. The summed E-state index contributed by atoms with van der Waals surface area (Å²) in [7, 11) is 0. The highest BCUT2D eigenvalue weighted by atomic mass is 35.5. The van der Waals surface area contributed by atoms with Gasteiger partial charge in [0, 0.05) is 19.1 Å². The van der Waals surface area contributed by atoms with Crippen LogP contribution in [0.15, 0.2) is 22.6 Å². The van der Waals surface area contributed by atoms with E-state index in [9.17, 15) is 4.79 Å². The zero-order valence-electron chi connectivity index (χ0n) is 13.7. The number of halogens is 1. The summed E-state index contributed by atoms with van der Waals surface area (Å²) in [4.78, 5) is 19.6. The Bertz CT molecular complexity index is 724. The molecule has 0 spiro atoms. The SMILES string of the molecule is CCNc1nc2c(C(=O)NC3CN4CCC3CC4)cccc2o1.Cl. The van der Waals surface area contributed by atoms with E-state index in [1.807, 2.05) is 25.1 Å². The quantitative estimate of drug-likeness (QED) is 0.886. The number of para-hydroxylation sites is 1. The van der Waals surface area contributed by atoms with Gasteiger partial charge >= 0.3 is 0 Å². The highest BCUT2D eigenvalue weighted by molar-refractivity contribution is 6.04. The van der Waals surface area contributed by atoms with Crippen LogP contribution in [-0.2, 0) is 0 Å². The average molecular weight is 351 g/mol. The average Bonchev–Trinajstić information content (AvgIpc) is 2.98. The van der Waals surface area contributed by atoms with Gasteiger partial charge < -0.3 is 20.0 Å². The van der Waals surface area contributed by atoms with Crippen LogP contribution in [-0.4, -0.2) is 48.0 Å². The topological polar surface area (TPSA) is 70.4 Å². The Hall–Kier alpha value is -1.79. The Morgan fingerprint density at radius 3 is 2.83 bits per heavy atom. The molecule has 3 fully saturated rings. The Morgan fingerprint density at radius 2 is 2.17 bits per heavy atom. The Labute approximate surface area is 147 Å². The molecule has 2 bridgehead atoms. The molecule has 3 saturated heterocycles. The first-order chi connectivity index (χ1) is 11.2. The minimum atomic E-state index is -0.0503. The van der Waals surface area contributed by atoms with E-state index in [0.717, 1.165) is 13.1 Å². The Morgan fingerprint density at radius 1 is 1.38 bits per heavy atom. The van der Waals surface area contributed by atoms with Crippen molar-refractivity contribution in [1.29, 1.82) is 0 Å². The van der Waals surface area contributed by atoms with Crippen LogP contribution in [0.4, 0.5) is 6.01 Å². The molecule has 7 heteroatoms. The molecule has 0 radical (unpaired) electrons. The maximum absolute atomic E-state index is 12.7. The number of benzene rings is 1. The number of nitrogens with zero attached hydrogens (tertiary/aromatic N) is 2. The third kappa shape index (κ3) is 3.08. The van der Waals surface area contributed by atoms with Gasteiger partial charge in [-0.3, -0.25) is 4.79 Å². The fourth-order valence-corrected chi connectivity index (χ4v) is 3.73. The Kier molecular flexibility index (Phi) is 4.96. The number of anilines is 1. The lowest BCUT2D eigenvalue weighted by molar-refractivity contribution is 0.0621. The van der Waals surface area contributed by atoms with Gasteiger partial charge in [0.15, 0.2) is 5.58 Å². The van der Waals surface area contributed by atoms with Crippen molar-refractivity contribution in [2.24, 2.45) is 5.92 Å². The summed E-state index contributed by atoms with van der Waals surface area (Å²) >= 11 is 0. The molecule has 3 aliphatic rings. The van der Waals surface area contributed by atoms with E-state index in [1.165, 1.54) is 25.9 Å². The van der Waals surface area contributed by atoms with Crippen LogP contribution >= 0.6 is 12.4 Å². The zero-order valence-corrected chi connectivity index (χ0v) is 14.6. The number of piperidine rings is 3. The lowest BCUT2D eigenvalue weighted by atomic mass is 9.84. The molecular formula is C17H23ClN4O2. The van der Waals surface area contributed by atoms with E-state index >= 15 is 0 Å². The normalized spacial score (nSPS) is 25.3. The third-order valence-corrected chi connectivity index (χ3v) is 4.96. The largest absolute Gasteiger partial charge is 0.424 e. The predicted molar refractivity (Wildman–Crippen MR) is 95.8 cm³/mol. The first-order valence-electron chi connectivity index (χ1n) is 8.41. The maximum atomic E-state index is 12.7. The van der Waals surface area contributed by atoms with Crippen LogP contribution in [0.3, 0.4) is 0 Å². The number of oxazole rings is 1. The van der Waals surface area contributed by atoms with Crippen LogP contribution in [0.1, 0.15) is 30.1 Å². The molecule has 6 nitrogen and oxygen atoms in total. The molecule has 1 unspecified atom stereocenters. The Balaban J connectivity index is 0.00000169. The predicted octanol–water partition coefficient (Wildman–Crippen LogP) is 2.51. The fourth-order valence-electron chi connectivity index (χ4n) is 3.73. The molecular weight excluding hydrogens is 328 g/mol.